The molecule has 2 aromatic heterocycles. The monoisotopic (exact) mass is 375 g/mol. The van der Waals surface area contributed by atoms with Crippen molar-refractivity contribution < 1.29 is 9.47 Å². The maximum absolute atomic E-state index is 5.55. The summed E-state index contributed by atoms with van der Waals surface area (Å²) < 4.78 is 12.8. The summed E-state index contributed by atoms with van der Waals surface area (Å²) in [7, 11) is 5.27. The number of para-hydroxylation sites is 2. The number of anilines is 1. The van der Waals surface area contributed by atoms with Gasteiger partial charge in [-0.15, -0.1) is 0 Å². The third-order valence-electron chi connectivity index (χ3n) is 4.60. The summed E-state index contributed by atoms with van der Waals surface area (Å²) in [5, 5.41) is 5.40. The molecule has 0 aliphatic heterocycles. The van der Waals surface area contributed by atoms with Crippen LogP contribution in [0.25, 0.3) is 16.7 Å². The molecule has 0 atom stereocenters. The second kappa shape index (κ2) is 7.56. The van der Waals surface area contributed by atoms with E-state index in [1.165, 1.54) is 0 Å². The van der Waals surface area contributed by atoms with Gasteiger partial charge < -0.3 is 14.4 Å². The molecule has 0 aliphatic carbocycles. The number of hydrogen-bond acceptors (Lipinski definition) is 6. The molecular formula is C21H21N5O2. The van der Waals surface area contributed by atoms with Gasteiger partial charge in [-0.1, -0.05) is 30.3 Å². The second-order valence-electron chi connectivity index (χ2n) is 6.34. The summed E-state index contributed by atoms with van der Waals surface area (Å²) in [5.41, 5.74) is 2.73. The Balaban J connectivity index is 1.71. The van der Waals surface area contributed by atoms with Gasteiger partial charge in [-0.05, 0) is 18.2 Å². The number of fused-ring (bicyclic) bond motifs is 1. The van der Waals surface area contributed by atoms with Crippen LogP contribution in [0.4, 0.5) is 5.82 Å². The fraction of sp³-hybridized carbons (Fsp3) is 0.190. The lowest BCUT2D eigenvalue weighted by Gasteiger charge is -2.21. The van der Waals surface area contributed by atoms with Gasteiger partial charge in [-0.2, -0.15) is 5.10 Å². The average Bonchev–Trinajstić information content (AvgIpc) is 3.18. The lowest BCUT2D eigenvalue weighted by molar-refractivity contribution is 0.351. The van der Waals surface area contributed by atoms with Gasteiger partial charge in [0.1, 0.15) is 12.1 Å². The molecular weight excluding hydrogens is 354 g/mol. The highest BCUT2D eigenvalue weighted by molar-refractivity contribution is 5.87. The zero-order valence-corrected chi connectivity index (χ0v) is 16.0. The molecule has 7 heteroatoms. The van der Waals surface area contributed by atoms with E-state index in [-0.39, 0.29) is 0 Å². The van der Waals surface area contributed by atoms with Crippen molar-refractivity contribution in [2.24, 2.45) is 0 Å². The minimum atomic E-state index is 0.600. The number of aromatic nitrogens is 4. The molecule has 4 aromatic rings. The van der Waals surface area contributed by atoms with Crippen molar-refractivity contribution in [3.63, 3.8) is 0 Å². The minimum absolute atomic E-state index is 0.600. The van der Waals surface area contributed by atoms with Crippen molar-refractivity contribution in [2.45, 2.75) is 6.54 Å². The number of methoxy groups -OCH3 is 2. The summed E-state index contributed by atoms with van der Waals surface area (Å²) in [6.45, 7) is 0.600. The van der Waals surface area contributed by atoms with Crippen LogP contribution in [0.15, 0.2) is 61.1 Å². The first-order valence-electron chi connectivity index (χ1n) is 8.88. The summed E-state index contributed by atoms with van der Waals surface area (Å²) in [4.78, 5) is 11.0. The molecule has 0 bridgehead atoms. The lowest BCUT2D eigenvalue weighted by Crippen LogP contribution is -2.18. The van der Waals surface area contributed by atoms with E-state index in [9.17, 15) is 0 Å². The Bertz CT molecular complexity index is 1090. The molecule has 0 unspecified atom stereocenters. The van der Waals surface area contributed by atoms with E-state index in [0.29, 0.717) is 12.3 Å². The van der Waals surface area contributed by atoms with Crippen LogP contribution in [-0.2, 0) is 6.54 Å². The first-order chi connectivity index (χ1) is 13.7. The fourth-order valence-corrected chi connectivity index (χ4v) is 3.30. The Labute approximate surface area is 163 Å². The van der Waals surface area contributed by atoms with Crippen LogP contribution in [0.3, 0.4) is 0 Å². The average molecular weight is 375 g/mol. The molecule has 0 saturated heterocycles. The molecule has 28 heavy (non-hydrogen) atoms. The van der Waals surface area contributed by atoms with Gasteiger partial charge in [0, 0.05) is 19.2 Å². The highest BCUT2D eigenvalue weighted by Gasteiger charge is 2.17. The van der Waals surface area contributed by atoms with Crippen molar-refractivity contribution in [1.82, 2.24) is 19.7 Å². The number of benzene rings is 2. The number of rotatable bonds is 6. The Hall–Kier alpha value is -3.61. The molecule has 0 N–H and O–H groups in total. The number of hydrogen-bond donors (Lipinski definition) is 0. The zero-order valence-electron chi connectivity index (χ0n) is 16.0. The van der Waals surface area contributed by atoms with Crippen LogP contribution in [-0.4, -0.2) is 41.0 Å². The summed E-state index contributed by atoms with van der Waals surface area (Å²) in [6.07, 6.45) is 3.37. The molecule has 7 nitrogen and oxygen atoms in total. The van der Waals surface area contributed by atoms with Crippen LogP contribution in [0.1, 0.15) is 5.56 Å². The predicted octanol–water partition coefficient (Wildman–Crippen LogP) is 3.47. The first kappa shape index (κ1) is 17.8. The van der Waals surface area contributed by atoms with Crippen molar-refractivity contribution in [3.8, 4) is 17.2 Å². The lowest BCUT2D eigenvalue weighted by atomic mass is 10.1. The van der Waals surface area contributed by atoms with Gasteiger partial charge in [-0.25, -0.2) is 14.6 Å². The van der Waals surface area contributed by atoms with Crippen LogP contribution in [0, 0.1) is 0 Å². The van der Waals surface area contributed by atoms with Crippen LogP contribution >= 0.6 is 0 Å². The molecule has 142 valence electrons. The van der Waals surface area contributed by atoms with E-state index in [4.69, 9.17) is 9.47 Å². The van der Waals surface area contributed by atoms with E-state index < -0.39 is 0 Å². The van der Waals surface area contributed by atoms with E-state index in [1.54, 1.807) is 26.7 Å². The Morgan fingerprint density at radius 1 is 0.964 bits per heavy atom. The highest BCUT2D eigenvalue weighted by Crippen LogP contribution is 2.33. The van der Waals surface area contributed by atoms with Crippen LogP contribution in [0.2, 0.25) is 0 Å². The van der Waals surface area contributed by atoms with Gasteiger partial charge in [0.2, 0.25) is 0 Å². The Morgan fingerprint density at radius 3 is 2.54 bits per heavy atom. The fourth-order valence-electron chi connectivity index (χ4n) is 3.30. The summed E-state index contributed by atoms with van der Waals surface area (Å²) in [6, 6.07) is 15.8. The van der Waals surface area contributed by atoms with E-state index >= 15 is 0 Å². The minimum Gasteiger partial charge on any atom is -0.493 e. The van der Waals surface area contributed by atoms with E-state index in [0.717, 1.165) is 33.9 Å². The van der Waals surface area contributed by atoms with Crippen LogP contribution < -0.4 is 14.4 Å². The molecule has 2 heterocycles. The summed E-state index contributed by atoms with van der Waals surface area (Å²) >= 11 is 0. The van der Waals surface area contributed by atoms with Crippen LogP contribution in [0.5, 0.6) is 11.5 Å². The second-order valence-corrected chi connectivity index (χ2v) is 6.34. The van der Waals surface area contributed by atoms with Crippen molar-refractivity contribution in [1.29, 1.82) is 0 Å². The van der Waals surface area contributed by atoms with E-state index in [1.807, 2.05) is 60.3 Å². The molecule has 0 radical (unpaired) electrons. The normalized spacial score (nSPS) is 10.8. The number of ether oxygens (including phenoxy) is 2. The van der Waals surface area contributed by atoms with Gasteiger partial charge in [0.05, 0.1) is 31.5 Å². The predicted molar refractivity (Wildman–Crippen MR) is 108 cm³/mol. The van der Waals surface area contributed by atoms with E-state index in [2.05, 4.69) is 20.0 Å². The molecule has 2 aromatic carbocycles. The maximum atomic E-state index is 5.55. The first-order valence-corrected chi connectivity index (χ1v) is 8.88. The molecule has 0 fully saturated rings. The van der Waals surface area contributed by atoms with Gasteiger partial charge in [0.25, 0.3) is 0 Å². The summed E-state index contributed by atoms with van der Waals surface area (Å²) in [5.74, 6) is 2.23. The van der Waals surface area contributed by atoms with Gasteiger partial charge in [-0.3, -0.25) is 0 Å². The Morgan fingerprint density at radius 2 is 1.79 bits per heavy atom. The Kier molecular flexibility index (Phi) is 4.80. The largest absolute Gasteiger partial charge is 0.493 e. The van der Waals surface area contributed by atoms with Crippen molar-refractivity contribution >= 4 is 16.9 Å². The third-order valence-corrected chi connectivity index (χ3v) is 4.60. The van der Waals surface area contributed by atoms with Crippen molar-refractivity contribution in [2.75, 3.05) is 26.2 Å². The SMILES string of the molecule is COc1cccc(CN(C)c2ncnc3c2cnn3-c2ccccc2)c1OC. The smallest absolute Gasteiger partial charge is 0.168 e. The standard InChI is InChI=1S/C21H21N5O2/c1-25(13-15-8-7-11-18(27-2)19(15)28-3)20-17-12-24-26(21(17)23-14-22-20)16-9-5-4-6-10-16/h4-12,14H,13H2,1-3H3. The molecule has 0 saturated carbocycles. The maximum Gasteiger partial charge on any atom is 0.168 e. The van der Waals surface area contributed by atoms with Gasteiger partial charge in [0.15, 0.2) is 17.1 Å². The third kappa shape index (κ3) is 3.11. The highest BCUT2D eigenvalue weighted by atomic mass is 16.5. The van der Waals surface area contributed by atoms with Gasteiger partial charge >= 0.3 is 0 Å². The molecule has 0 spiro atoms. The number of nitrogens with zero attached hydrogens (tertiary/aromatic N) is 5. The quantitative estimate of drug-likeness (QED) is 0.514. The molecule has 0 amide bonds. The zero-order chi connectivity index (χ0) is 19.5. The molecule has 0 aliphatic rings. The van der Waals surface area contributed by atoms with Crippen molar-refractivity contribution in [3.05, 3.63) is 66.6 Å². The topological polar surface area (TPSA) is 65.3 Å². The molecule has 4 rings (SSSR count).